The van der Waals surface area contributed by atoms with Crippen LogP contribution in [0.1, 0.15) is 25.7 Å². The Morgan fingerprint density at radius 3 is 2.85 bits per heavy atom. The fourth-order valence-corrected chi connectivity index (χ4v) is 4.07. The van der Waals surface area contributed by atoms with Crippen molar-refractivity contribution in [3.8, 4) is 0 Å². The molecule has 0 radical (unpaired) electrons. The predicted molar refractivity (Wildman–Crippen MR) is 71.4 cm³/mol. The number of hydrogen-bond donors (Lipinski definition) is 0. The first-order valence-corrected chi connectivity index (χ1v) is 7.96. The molecule has 1 unspecified atom stereocenters. The SMILES string of the molecule is COC(=O)CC1CCCCN1S(=O)(=O)c1cn(C)cn1. The first kappa shape index (κ1) is 15.0. The van der Waals surface area contributed by atoms with Crippen molar-refractivity contribution in [2.75, 3.05) is 13.7 Å². The Morgan fingerprint density at radius 1 is 1.50 bits per heavy atom. The summed E-state index contributed by atoms with van der Waals surface area (Å²) in [7, 11) is -0.626. The molecule has 1 saturated heterocycles. The fourth-order valence-electron chi connectivity index (χ4n) is 2.41. The standard InChI is InChI=1S/C12H19N3O4S/c1-14-8-11(13-9-14)20(17,18)15-6-4-3-5-10(15)7-12(16)19-2/h8-10H,3-7H2,1-2H3. The molecule has 1 aromatic heterocycles. The maximum Gasteiger partial charge on any atom is 0.307 e. The summed E-state index contributed by atoms with van der Waals surface area (Å²) in [5, 5.41) is 0.0248. The van der Waals surface area contributed by atoms with E-state index in [-0.39, 0.29) is 17.5 Å². The number of methoxy groups -OCH3 is 1. The molecule has 20 heavy (non-hydrogen) atoms. The topological polar surface area (TPSA) is 81.5 Å². The third-order valence-electron chi connectivity index (χ3n) is 3.46. The Bertz CT molecular complexity index is 581. The number of hydrogen-bond acceptors (Lipinski definition) is 5. The third-order valence-corrected chi connectivity index (χ3v) is 5.29. The lowest BCUT2D eigenvalue weighted by Gasteiger charge is -2.33. The maximum absolute atomic E-state index is 12.6. The highest BCUT2D eigenvalue weighted by Crippen LogP contribution is 2.26. The van der Waals surface area contributed by atoms with Crippen LogP contribution >= 0.6 is 0 Å². The number of carbonyl (C=O) groups is 1. The van der Waals surface area contributed by atoms with Crippen LogP contribution in [0.3, 0.4) is 0 Å². The first-order chi connectivity index (χ1) is 9.45. The van der Waals surface area contributed by atoms with Gasteiger partial charge in [-0.05, 0) is 12.8 Å². The zero-order valence-electron chi connectivity index (χ0n) is 11.7. The van der Waals surface area contributed by atoms with Gasteiger partial charge < -0.3 is 9.30 Å². The summed E-state index contributed by atoms with van der Waals surface area (Å²) >= 11 is 0. The highest BCUT2D eigenvalue weighted by molar-refractivity contribution is 7.89. The van der Waals surface area contributed by atoms with E-state index in [0.29, 0.717) is 13.0 Å². The smallest absolute Gasteiger partial charge is 0.307 e. The van der Waals surface area contributed by atoms with Crippen LogP contribution in [0, 0.1) is 0 Å². The summed E-state index contributed by atoms with van der Waals surface area (Å²) in [5.74, 6) is -0.391. The number of piperidine rings is 1. The van der Waals surface area contributed by atoms with Crippen LogP contribution in [-0.4, -0.2) is 47.9 Å². The van der Waals surface area contributed by atoms with Crippen molar-refractivity contribution in [2.24, 2.45) is 7.05 Å². The van der Waals surface area contributed by atoms with E-state index in [2.05, 4.69) is 9.72 Å². The summed E-state index contributed by atoms with van der Waals surface area (Å²) in [6, 6.07) is -0.344. The Kier molecular flexibility index (Phi) is 4.44. The second kappa shape index (κ2) is 5.92. The molecular weight excluding hydrogens is 282 g/mol. The van der Waals surface area contributed by atoms with Crippen molar-refractivity contribution in [1.29, 1.82) is 0 Å². The minimum absolute atomic E-state index is 0.0248. The van der Waals surface area contributed by atoms with E-state index in [4.69, 9.17) is 0 Å². The number of imidazole rings is 1. The molecular formula is C12H19N3O4S. The second-order valence-corrected chi connectivity index (χ2v) is 6.76. The van der Waals surface area contributed by atoms with Gasteiger partial charge in [0.1, 0.15) is 0 Å². The molecule has 1 fully saturated rings. The Hall–Kier alpha value is -1.41. The first-order valence-electron chi connectivity index (χ1n) is 6.52. The molecule has 0 bridgehead atoms. The molecule has 0 saturated carbocycles. The molecule has 0 spiro atoms. The minimum Gasteiger partial charge on any atom is -0.469 e. The van der Waals surface area contributed by atoms with E-state index in [1.54, 1.807) is 11.6 Å². The summed E-state index contributed by atoms with van der Waals surface area (Å²) in [5.41, 5.74) is 0. The fraction of sp³-hybridized carbons (Fsp3) is 0.667. The zero-order chi connectivity index (χ0) is 14.8. The normalized spacial score (nSPS) is 20.8. The molecule has 1 aliphatic rings. The molecule has 1 aromatic rings. The van der Waals surface area contributed by atoms with Crippen molar-refractivity contribution < 1.29 is 17.9 Å². The average molecular weight is 301 g/mol. The van der Waals surface area contributed by atoms with Crippen LogP contribution in [0.25, 0.3) is 0 Å². The van der Waals surface area contributed by atoms with Crippen LogP contribution in [0.15, 0.2) is 17.6 Å². The highest BCUT2D eigenvalue weighted by Gasteiger charge is 2.36. The van der Waals surface area contributed by atoms with Gasteiger partial charge in [-0.3, -0.25) is 4.79 Å². The van der Waals surface area contributed by atoms with Gasteiger partial charge >= 0.3 is 5.97 Å². The Morgan fingerprint density at radius 2 is 2.25 bits per heavy atom. The van der Waals surface area contributed by atoms with Crippen LogP contribution < -0.4 is 0 Å². The van der Waals surface area contributed by atoms with Crippen LogP contribution in [0.4, 0.5) is 0 Å². The molecule has 2 heterocycles. The van der Waals surface area contributed by atoms with Gasteiger partial charge in [0.05, 0.1) is 19.9 Å². The Labute approximate surface area is 118 Å². The molecule has 0 N–H and O–H groups in total. The number of sulfonamides is 1. The van der Waals surface area contributed by atoms with Gasteiger partial charge in [-0.1, -0.05) is 6.42 Å². The summed E-state index contributed by atoms with van der Waals surface area (Å²) < 4.78 is 32.8. The summed E-state index contributed by atoms with van der Waals surface area (Å²) in [6.45, 7) is 0.417. The molecule has 8 heteroatoms. The zero-order valence-corrected chi connectivity index (χ0v) is 12.5. The number of rotatable bonds is 4. The molecule has 112 valence electrons. The van der Waals surface area contributed by atoms with Gasteiger partial charge in [-0.15, -0.1) is 0 Å². The summed E-state index contributed by atoms with van der Waals surface area (Å²) in [6.07, 6.45) is 5.38. The minimum atomic E-state index is -3.65. The van der Waals surface area contributed by atoms with E-state index in [1.807, 2.05) is 0 Å². The van der Waals surface area contributed by atoms with Crippen molar-refractivity contribution >= 4 is 16.0 Å². The largest absolute Gasteiger partial charge is 0.469 e. The maximum atomic E-state index is 12.6. The molecule has 7 nitrogen and oxygen atoms in total. The van der Waals surface area contributed by atoms with E-state index in [9.17, 15) is 13.2 Å². The van der Waals surface area contributed by atoms with Crippen LogP contribution in [0.2, 0.25) is 0 Å². The lowest BCUT2D eigenvalue weighted by Crippen LogP contribution is -2.44. The molecule has 1 atom stereocenters. The molecule has 0 aromatic carbocycles. The Balaban J connectivity index is 2.25. The van der Waals surface area contributed by atoms with Crippen molar-refractivity contribution in [2.45, 2.75) is 36.8 Å². The third kappa shape index (κ3) is 3.01. The number of esters is 1. The van der Waals surface area contributed by atoms with Gasteiger partial charge in [0.2, 0.25) is 0 Å². The van der Waals surface area contributed by atoms with Crippen LogP contribution in [0.5, 0.6) is 0 Å². The van der Waals surface area contributed by atoms with Crippen LogP contribution in [-0.2, 0) is 26.6 Å². The molecule has 1 aliphatic heterocycles. The van der Waals surface area contributed by atoms with Gasteiger partial charge in [-0.2, -0.15) is 4.31 Å². The lowest BCUT2D eigenvalue weighted by molar-refractivity contribution is -0.141. The van der Waals surface area contributed by atoms with Crippen molar-refractivity contribution in [3.05, 3.63) is 12.5 Å². The lowest BCUT2D eigenvalue weighted by atomic mass is 10.0. The van der Waals surface area contributed by atoms with Crippen molar-refractivity contribution in [1.82, 2.24) is 13.9 Å². The number of nitrogens with zero attached hydrogens (tertiary/aromatic N) is 3. The van der Waals surface area contributed by atoms with E-state index >= 15 is 0 Å². The summed E-state index contributed by atoms with van der Waals surface area (Å²) in [4.78, 5) is 15.3. The van der Waals surface area contributed by atoms with Crippen molar-refractivity contribution in [3.63, 3.8) is 0 Å². The monoisotopic (exact) mass is 301 g/mol. The quantitative estimate of drug-likeness (QED) is 0.758. The second-order valence-electron chi connectivity index (χ2n) is 4.92. The van der Waals surface area contributed by atoms with E-state index in [1.165, 1.54) is 23.9 Å². The average Bonchev–Trinajstić information content (AvgIpc) is 2.86. The number of aromatic nitrogens is 2. The predicted octanol–water partition coefficient (Wildman–Crippen LogP) is 0.526. The highest BCUT2D eigenvalue weighted by atomic mass is 32.2. The van der Waals surface area contributed by atoms with Gasteiger partial charge in [0.15, 0.2) is 5.03 Å². The van der Waals surface area contributed by atoms with Gasteiger partial charge in [-0.25, -0.2) is 13.4 Å². The number of carbonyl (C=O) groups excluding carboxylic acids is 1. The van der Waals surface area contributed by atoms with Gasteiger partial charge in [0, 0.05) is 25.8 Å². The van der Waals surface area contributed by atoms with Gasteiger partial charge in [0.25, 0.3) is 10.0 Å². The molecule has 0 aliphatic carbocycles. The number of aryl methyl sites for hydroxylation is 1. The molecule has 0 amide bonds. The molecule has 2 rings (SSSR count). The number of ether oxygens (including phenoxy) is 1. The van der Waals surface area contributed by atoms with E-state index in [0.717, 1.165) is 12.8 Å². The van der Waals surface area contributed by atoms with E-state index < -0.39 is 16.0 Å².